The number of nitrogens with one attached hydrogen (secondary N) is 1. The zero-order valence-electron chi connectivity index (χ0n) is 9.35. The van der Waals surface area contributed by atoms with E-state index in [1.807, 2.05) is 13.0 Å². The molecule has 0 aromatic heterocycles. The quantitative estimate of drug-likeness (QED) is 0.732. The summed E-state index contributed by atoms with van der Waals surface area (Å²) in [6.07, 6.45) is 1.30. The van der Waals surface area contributed by atoms with Crippen molar-refractivity contribution in [1.82, 2.24) is 9.03 Å². The molecule has 1 unspecified atom stereocenters. The average Bonchev–Trinajstić information content (AvgIpc) is 2.29. The fraction of sp³-hybridized carbons (Fsp3) is 0.889. The summed E-state index contributed by atoms with van der Waals surface area (Å²) in [4.78, 5) is 0. The molecule has 0 amide bonds. The summed E-state index contributed by atoms with van der Waals surface area (Å²) in [5, 5.41) is 8.80. The van der Waals surface area contributed by atoms with Crippen molar-refractivity contribution >= 4 is 10.2 Å². The molecule has 0 radical (unpaired) electrons. The van der Waals surface area contributed by atoms with Crippen molar-refractivity contribution < 1.29 is 13.2 Å². The second kappa shape index (κ2) is 6.15. The molecule has 1 N–H and O–H groups in total. The van der Waals surface area contributed by atoms with Crippen LogP contribution < -0.4 is 4.72 Å². The molecule has 0 aromatic rings. The Labute approximate surface area is 96.4 Å². The van der Waals surface area contributed by atoms with Gasteiger partial charge in [0.05, 0.1) is 19.3 Å². The van der Waals surface area contributed by atoms with Crippen LogP contribution in [0.4, 0.5) is 0 Å². The lowest BCUT2D eigenvalue weighted by Gasteiger charge is -2.27. The minimum absolute atomic E-state index is 0.347. The summed E-state index contributed by atoms with van der Waals surface area (Å²) < 4.78 is 32.5. The minimum atomic E-state index is -3.54. The summed E-state index contributed by atoms with van der Waals surface area (Å²) in [5.74, 6) is 0. The molecule has 1 aliphatic heterocycles. The van der Waals surface area contributed by atoms with Gasteiger partial charge in [0, 0.05) is 13.1 Å². The second-order valence-electron chi connectivity index (χ2n) is 3.60. The largest absolute Gasteiger partial charge is 0.379 e. The van der Waals surface area contributed by atoms with Crippen LogP contribution in [0, 0.1) is 11.3 Å². The minimum Gasteiger partial charge on any atom is -0.379 e. The summed E-state index contributed by atoms with van der Waals surface area (Å²) >= 11 is 0. The Hall–Kier alpha value is -0.680. The van der Waals surface area contributed by atoms with Gasteiger partial charge in [-0.15, -0.1) is 0 Å². The molecule has 0 aromatic carbocycles. The third-order valence-electron chi connectivity index (χ3n) is 2.33. The first-order valence-corrected chi connectivity index (χ1v) is 6.79. The Balaban J connectivity index is 2.59. The molecule has 6 nitrogen and oxygen atoms in total. The highest BCUT2D eigenvalue weighted by Crippen LogP contribution is 2.05. The van der Waals surface area contributed by atoms with E-state index in [0.717, 1.165) is 6.42 Å². The lowest BCUT2D eigenvalue weighted by molar-refractivity contribution is 0.0724. The van der Waals surface area contributed by atoms with E-state index in [-0.39, 0.29) is 0 Å². The van der Waals surface area contributed by atoms with Crippen molar-refractivity contribution in [2.75, 3.05) is 26.3 Å². The van der Waals surface area contributed by atoms with Gasteiger partial charge < -0.3 is 4.74 Å². The molecule has 0 aliphatic carbocycles. The van der Waals surface area contributed by atoms with Crippen molar-refractivity contribution in [3.63, 3.8) is 0 Å². The van der Waals surface area contributed by atoms with Crippen LogP contribution in [0.3, 0.4) is 0 Å². The molecule has 92 valence electrons. The van der Waals surface area contributed by atoms with Gasteiger partial charge in [0.15, 0.2) is 0 Å². The van der Waals surface area contributed by atoms with Gasteiger partial charge in [-0.3, -0.25) is 0 Å². The second-order valence-corrected chi connectivity index (χ2v) is 5.31. The molecule has 0 saturated carbocycles. The topological polar surface area (TPSA) is 82.4 Å². The number of hydrogen-bond donors (Lipinski definition) is 1. The zero-order chi connectivity index (χ0) is 12.0. The number of morpholine rings is 1. The molecule has 1 saturated heterocycles. The van der Waals surface area contributed by atoms with E-state index < -0.39 is 16.3 Å². The Morgan fingerprint density at radius 2 is 2.12 bits per heavy atom. The molecule has 7 heteroatoms. The predicted octanol–water partition coefficient (Wildman–Crippen LogP) is -0.155. The van der Waals surface area contributed by atoms with Gasteiger partial charge in [0.2, 0.25) is 0 Å². The van der Waals surface area contributed by atoms with Crippen LogP contribution in [0.1, 0.15) is 19.8 Å². The van der Waals surface area contributed by atoms with Crippen LogP contribution in [0.5, 0.6) is 0 Å². The molecule has 16 heavy (non-hydrogen) atoms. The maximum Gasteiger partial charge on any atom is 0.280 e. The van der Waals surface area contributed by atoms with Gasteiger partial charge in [-0.1, -0.05) is 13.3 Å². The SMILES string of the molecule is CCCC(C#N)NS(=O)(=O)N1CCOCC1. The van der Waals surface area contributed by atoms with Crippen molar-refractivity contribution in [3.05, 3.63) is 0 Å². The Morgan fingerprint density at radius 3 is 2.62 bits per heavy atom. The first kappa shape index (κ1) is 13.4. The Kier molecular flexibility index (Phi) is 5.15. The van der Waals surface area contributed by atoms with Crippen molar-refractivity contribution in [2.24, 2.45) is 0 Å². The lowest BCUT2D eigenvalue weighted by Crippen LogP contribution is -2.49. The van der Waals surface area contributed by atoms with Crippen molar-refractivity contribution in [2.45, 2.75) is 25.8 Å². The lowest BCUT2D eigenvalue weighted by atomic mass is 10.2. The molecule has 1 atom stereocenters. The van der Waals surface area contributed by atoms with E-state index in [1.165, 1.54) is 4.31 Å². The highest BCUT2D eigenvalue weighted by atomic mass is 32.2. The fourth-order valence-electron chi connectivity index (χ4n) is 1.48. The van der Waals surface area contributed by atoms with Gasteiger partial charge in [0.1, 0.15) is 6.04 Å². The third kappa shape index (κ3) is 3.72. The summed E-state index contributed by atoms with van der Waals surface area (Å²) in [7, 11) is -3.54. The van der Waals surface area contributed by atoms with Crippen LogP contribution in [-0.2, 0) is 14.9 Å². The van der Waals surface area contributed by atoms with Crippen LogP contribution in [0.25, 0.3) is 0 Å². The molecular formula is C9H17N3O3S. The zero-order valence-corrected chi connectivity index (χ0v) is 10.2. The third-order valence-corrected chi connectivity index (χ3v) is 3.96. The van der Waals surface area contributed by atoms with E-state index in [2.05, 4.69) is 4.72 Å². The predicted molar refractivity (Wildman–Crippen MR) is 58.8 cm³/mol. The first-order chi connectivity index (χ1) is 7.60. The van der Waals surface area contributed by atoms with Gasteiger partial charge in [-0.2, -0.15) is 22.7 Å². The van der Waals surface area contributed by atoms with Crippen molar-refractivity contribution in [3.8, 4) is 6.07 Å². The molecule has 1 heterocycles. The maximum absolute atomic E-state index is 11.8. The molecule has 0 spiro atoms. The summed E-state index contributed by atoms with van der Waals surface area (Å²) in [6, 6.07) is 1.31. The number of nitriles is 1. The van der Waals surface area contributed by atoms with Gasteiger partial charge in [0.25, 0.3) is 10.2 Å². The number of nitrogens with zero attached hydrogens (tertiary/aromatic N) is 2. The summed E-state index contributed by atoms with van der Waals surface area (Å²) in [6.45, 7) is 3.42. The standard InChI is InChI=1S/C9H17N3O3S/c1-2-3-9(8-10)11-16(13,14)12-4-6-15-7-5-12/h9,11H,2-7H2,1H3. The monoisotopic (exact) mass is 247 g/mol. The first-order valence-electron chi connectivity index (χ1n) is 5.35. The van der Waals surface area contributed by atoms with Crippen LogP contribution >= 0.6 is 0 Å². The molecule has 0 bridgehead atoms. The Morgan fingerprint density at radius 1 is 1.50 bits per heavy atom. The van der Waals surface area contributed by atoms with Crippen LogP contribution in [0.2, 0.25) is 0 Å². The van der Waals surface area contributed by atoms with Gasteiger partial charge >= 0.3 is 0 Å². The van der Waals surface area contributed by atoms with E-state index >= 15 is 0 Å². The van der Waals surface area contributed by atoms with E-state index in [4.69, 9.17) is 10.00 Å². The maximum atomic E-state index is 11.8. The van der Waals surface area contributed by atoms with E-state index in [9.17, 15) is 8.42 Å². The number of rotatable bonds is 5. The van der Waals surface area contributed by atoms with Gasteiger partial charge in [-0.05, 0) is 6.42 Å². The number of ether oxygens (including phenoxy) is 1. The smallest absolute Gasteiger partial charge is 0.280 e. The Bertz CT molecular complexity index is 344. The average molecular weight is 247 g/mol. The molecule has 1 aliphatic rings. The van der Waals surface area contributed by atoms with E-state index in [1.54, 1.807) is 0 Å². The number of hydrogen-bond acceptors (Lipinski definition) is 4. The highest BCUT2D eigenvalue weighted by Gasteiger charge is 2.26. The van der Waals surface area contributed by atoms with Crippen LogP contribution in [0.15, 0.2) is 0 Å². The normalized spacial score (nSPS) is 20.2. The fourth-order valence-corrected chi connectivity index (χ4v) is 2.79. The summed E-state index contributed by atoms with van der Waals surface area (Å²) in [5.41, 5.74) is 0. The van der Waals surface area contributed by atoms with Gasteiger partial charge in [-0.25, -0.2) is 0 Å². The molecule has 1 fully saturated rings. The van der Waals surface area contributed by atoms with Crippen molar-refractivity contribution in [1.29, 1.82) is 5.26 Å². The van der Waals surface area contributed by atoms with Crippen LogP contribution in [-0.4, -0.2) is 45.1 Å². The molecule has 1 rings (SSSR count). The van der Waals surface area contributed by atoms with E-state index in [0.29, 0.717) is 32.7 Å². The highest BCUT2D eigenvalue weighted by molar-refractivity contribution is 7.87. The molecular weight excluding hydrogens is 230 g/mol.